The maximum Gasteiger partial charge on any atom is 0.341 e. The molecular formula is C26H31N5O7. The number of nitrogens with two attached hydrogens (primary N) is 1. The van der Waals surface area contributed by atoms with Crippen molar-refractivity contribution in [1.29, 1.82) is 5.41 Å². The van der Waals surface area contributed by atoms with Crippen LogP contribution in [0.2, 0.25) is 0 Å². The van der Waals surface area contributed by atoms with Gasteiger partial charge in [0, 0.05) is 37.4 Å². The standard InChI is InChI=1S/C24H27N5O5.C2H4O2/c1-3-33-24(23(32)27-12-16-8-10-17(11-9-16)22(25)26)29-13-15(2)21(28-29)18-6-4-5-7-19(18)34-14-20(30)31;1-2(3)4/h4-11,13,24H,3,12,14H2,1-2H3,(H3,25,26)(H,27,32)(H,30,31);1H3,(H,3,4). The molecule has 202 valence electrons. The zero-order valence-electron chi connectivity index (χ0n) is 21.3. The summed E-state index contributed by atoms with van der Waals surface area (Å²) < 4.78 is 12.5. The first kappa shape index (κ1) is 29.5. The Morgan fingerprint density at radius 2 is 1.76 bits per heavy atom. The lowest BCUT2D eigenvalue weighted by atomic mass is 10.1. The number of amides is 1. The van der Waals surface area contributed by atoms with Crippen molar-refractivity contribution in [3.05, 3.63) is 71.4 Å². The molecule has 0 spiro atoms. The van der Waals surface area contributed by atoms with E-state index in [9.17, 15) is 9.59 Å². The summed E-state index contributed by atoms with van der Waals surface area (Å²) in [7, 11) is 0. The molecule has 0 aliphatic heterocycles. The number of hydrogen-bond donors (Lipinski definition) is 5. The van der Waals surface area contributed by atoms with Crippen LogP contribution in [0.4, 0.5) is 0 Å². The molecule has 6 N–H and O–H groups in total. The first-order valence-electron chi connectivity index (χ1n) is 11.5. The molecule has 0 radical (unpaired) electrons. The van der Waals surface area contributed by atoms with Gasteiger partial charge in [0.15, 0.2) is 6.61 Å². The second-order valence-electron chi connectivity index (χ2n) is 7.97. The van der Waals surface area contributed by atoms with Gasteiger partial charge in [-0.3, -0.25) is 15.0 Å². The third-order valence-corrected chi connectivity index (χ3v) is 4.93. The monoisotopic (exact) mass is 525 g/mol. The van der Waals surface area contributed by atoms with Gasteiger partial charge in [-0.05, 0) is 37.1 Å². The number of para-hydroxylation sites is 1. The van der Waals surface area contributed by atoms with E-state index < -0.39 is 24.8 Å². The van der Waals surface area contributed by atoms with Crippen LogP contribution in [0.5, 0.6) is 5.75 Å². The van der Waals surface area contributed by atoms with Gasteiger partial charge in [0.25, 0.3) is 11.9 Å². The molecule has 12 nitrogen and oxygen atoms in total. The van der Waals surface area contributed by atoms with Gasteiger partial charge in [0.1, 0.15) is 11.6 Å². The Balaban J connectivity index is 0.00000118. The minimum atomic E-state index is -1.08. The molecule has 0 saturated carbocycles. The summed E-state index contributed by atoms with van der Waals surface area (Å²) >= 11 is 0. The summed E-state index contributed by atoms with van der Waals surface area (Å²) in [6, 6.07) is 14.0. The molecule has 12 heteroatoms. The SMILES string of the molecule is CC(=O)O.CCOC(C(=O)NCc1ccc(C(=N)N)cc1)n1cc(C)c(-c2ccccc2OCC(=O)O)n1. The van der Waals surface area contributed by atoms with Gasteiger partial charge >= 0.3 is 5.97 Å². The first-order chi connectivity index (χ1) is 18.0. The second kappa shape index (κ2) is 14.1. The minimum absolute atomic E-state index is 0.0215. The number of nitrogens with zero attached hydrogens (tertiary/aromatic N) is 2. The smallest absolute Gasteiger partial charge is 0.341 e. The average molecular weight is 526 g/mol. The van der Waals surface area contributed by atoms with Gasteiger partial charge in [-0.15, -0.1) is 0 Å². The van der Waals surface area contributed by atoms with Gasteiger partial charge in [-0.25, -0.2) is 9.48 Å². The highest BCUT2D eigenvalue weighted by atomic mass is 16.5. The number of aliphatic carboxylic acids is 2. The highest BCUT2D eigenvalue weighted by molar-refractivity contribution is 5.94. The van der Waals surface area contributed by atoms with Gasteiger partial charge in [-0.1, -0.05) is 36.4 Å². The molecule has 1 aromatic heterocycles. The lowest BCUT2D eigenvalue weighted by Gasteiger charge is -2.17. The summed E-state index contributed by atoms with van der Waals surface area (Å²) in [5, 5.41) is 31.2. The lowest BCUT2D eigenvalue weighted by Crippen LogP contribution is -2.34. The Labute approximate surface area is 219 Å². The number of carboxylic acid groups (broad SMARTS) is 2. The number of carboxylic acids is 2. The van der Waals surface area contributed by atoms with Crippen molar-refractivity contribution < 1.29 is 34.1 Å². The maximum absolute atomic E-state index is 12.9. The third-order valence-electron chi connectivity index (χ3n) is 4.93. The molecular weight excluding hydrogens is 494 g/mol. The van der Waals surface area contributed by atoms with Crippen molar-refractivity contribution in [3.63, 3.8) is 0 Å². The van der Waals surface area contributed by atoms with E-state index in [1.54, 1.807) is 61.7 Å². The summed E-state index contributed by atoms with van der Waals surface area (Å²) in [6.45, 7) is 4.78. The van der Waals surface area contributed by atoms with Crippen LogP contribution >= 0.6 is 0 Å². The molecule has 3 rings (SSSR count). The topological polar surface area (TPSA) is 190 Å². The molecule has 0 fully saturated rings. The fourth-order valence-electron chi connectivity index (χ4n) is 3.31. The zero-order valence-corrected chi connectivity index (χ0v) is 21.3. The molecule has 1 heterocycles. The average Bonchev–Trinajstić information content (AvgIpc) is 3.25. The van der Waals surface area contributed by atoms with Gasteiger partial charge in [-0.2, -0.15) is 5.10 Å². The molecule has 3 aromatic rings. The maximum atomic E-state index is 12.9. The predicted molar refractivity (Wildman–Crippen MR) is 139 cm³/mol. The Morgan fingerprint density at radius 1 is 1.13 bits per heavy atom. The number of ether oxygens (including phenoxy) is 2. The van der Waals surface area contributed by atoms with E-state index in [1.807, 2.05) is 6.92 Å². The van der Waals surface area contributed by atoms with E-state index in [2.05, 4.69) is 10.4 Å². The summed E-state index contributed by atoms with van der Waals surface area (Å²) in [4.78, 5) is 32.9. The lowest BCUT2D eigenvalue weighted by molar-refractivity contribution is -0.140. The van der Waals surface area contributed by atoms with Crippen molar-refractivity contribution in [2.45, 2.75) is 33.5 Å². The van der Waals surface area contributed by atoms with Crippen molar-refractivity contribution >= 4 is 23.7 Å². The van der Waals surface area contributed by atoms with Gasteiger partial charge in [0.2, 0.25) is 6.23 Å². The van der Waals surface area contributed by atoms with Gasteiger partial charge in [0.05, 0.1) is 5.69 Å². The summed E-state index contributed by atoms with van der Waals surface area (Å²) in [5.41, 5.74) is 8.85. The molecule has 38 heavy (non-hydrogen) atoms. The van der Waals surface area contributed by atoms with Crippen LogP contribution < -0.4 is 15.8 Å². The first-order valence-corrected chi connectivity index (χ1v) is 11.5. The number of rotatable bonds is 11. The number of benzene rings is 2. The third kappa shape index (κ3) is 8.75. The van der Waals surface area contributed by atoms with Crippen molar-refractivity contribution in [2.24, 2.45) is 5.73 Å². The fourth-order valence-corrected chi connectivity index (χ4v) is 3.31. The highest BCUT2D eigenvalue weighted by Gasteiger charge is 2.24. The van der Waals surface area contributed by atoms with E-state index in [1.165, 1.54) is 4.68 Å². The predicted octanol–water partition coefficient (Wildman–Crippen LogP) is 2.55. The quantitative estimate of drug-likeness (QED) is 0.185. The van der Waals surface area contributed by atoms with Crippen molar-refractivity contribution in [3.8, 4) is 17.0 Å². The molecule has 2 aromatic carbocycles. The number of nitrogens with one attached hydrogen (secondary N) is 2. The van der Waals surface area contributed by atoms with Crippen LogP contribution in [-0.4, -0.2) is 56.9 Å². The van der Waals surface area contributed by atoms with Crippen LogP contribution in [-0.2, 0) is 25.7 Å². The van der Waals surface area contributed by atoms with Crippen LogP contribution in [0.3, 0.4) is 0 Å². The van der Waals surface area contributed by atoms with E-state index >= 15 is 0 Å². The summed E-state index contributed by atoms with van der Waals surface area (Å²) in [6.07, 6.45) is 0.700. The van der Waals surface area contributed by atoms with Crippen LogP contribution in [0.15, 0.2) is 54.7 Å². The Morgan fingerprint density at radius 3 is 2.34 bits per heavy atom. The molecule has 1 amide bonds. The number of hydrogen-bond acceptors (Lipinski definition) is 7. The molecule has 0 saturated heterocycles. The molecule has 0 bridgehead atoms. The number of aryl methyl sites for hydroxylation is 1. The molecule has 0 aliphatic carbocycles. The van der Waals surface area contributed by atoms with Crippen LogP contribution in [0, 0.1) is 12.3 Å². The van der Waals surface area contributed by atoms with Gasteiger partial charge < -0.3 is 30.7 Å². The van der Waals surface area contributed by atoms with E-state index in [0.717, 1.165) is 18.1 Å². The molecule has 1 atom stereocenters. The Kier molecular flexibility index (Phi) is 11.0. The van der Waals surface area contributed by atoms with E-state index in [0.29, 0.717) is 22.6 Å². The normalized spacial score (nSPS) is 11.0. The van der Waals surface area contributed by atoms with E-state index in [-0.39, 0.29) is 24.9 Å². The summed E-state index contributed by atoms with van der Waals surface area (Å²) in [5.74, 6) is -1.93. The van der Waals surface area contributed by atoms with Crippen molar-refractivity contribution in [1.82, 2.24) is 15.1 Å². The minimum Gasteiger partial charge on any atom is -0.481 e. The number of carbonyl (C=O) groups is 3. The number of aromatic nitrogens is 2. The van der Waals surface area contributed by atoms with Crippen LogP contribution in [0.25, 0.3) is 11.3 Å². The fraction of sp³-hybridized carbons (Fsp3) is 0.269. The van der Waals surface area contributed by atoms with E-state index in [4.69, 9.17) is 35.6 Å². The Bertz CT molecular complexity index is 1270. The van der Waals surface area contributed by atoms with Crippen LogP contribution in [0.1, 0.15) is 36.8 Å². The number of amidine groups is 1. The largest absolute Gasteiger partial charge is 0.481 e. The highest BCUT2D eigenvalue weighted by Crippen LogP contribution is 2.31. The number of nitrogen functional groups attached to an aromatic ring is 1. The molecule has 0 aliphatic rings. The van der Waals surface area contributed by atoms with Crippen molar-refractivity contribution in [2.75, 3.05) is 13.2 Å². The second-order valence-corrected chi connectivity index (χ2v) is 7.97. The zero-order chi connectivity index (χ0) is 28.2. The Hall–Kier alpha value is -4.71. The molecule has 1 unspecified atom stereocenters. The number of carbonyl (C=O) groups excluding carboxylic acids is 1.